The van der Waals surface area contributed by atoms with E-state index in [0.717, 1.165) is 18.1 Å². The summed E-state index contributed by atoms with van der Waals surface area (Å²) in [6.07, 6.45) is 3.57. The Morgan fingerprint density at radius 3 is 2.69 bits per heavy atom. The largest absolute Gasteiger partial charge is 0.360 e. The van der Waals surface area contributed by atoms with Crippen LogP contribution in [0.2, 0.25) is 0 Å². The van der Waals surface area contributed by atoms with E-state index in [2.05, 4.69) is 44.9 Å². The third kappa shape index (κ3) is 4.77. The monoisotopic (exact) mass is 242 g/mol. The maximum absolute atomic E-state index is 4.68. The summed E-state index contributed by atoms with van der Waals surface area (Å²) in [5.74, 6) is 1.20. The highest BCUT2D eigenvalue weighted by molar-refractivity contribution is 8.13. The third-order valence-electron chi connectivity index (χ3n) is 3.20. The number of hydrogen-bond donors (Lipinski definition) is 1. The van der Waals surface area contributed by atoms with Gasteiger partial charge in [-0.2, -0.15) is 0 Å². The quantitative estimate of drug-likeness (QED) is 0.816. The molecule has 0 saturated carbocycles. The molecule has 1 saturated heterocycles. The van der Waals surface area contributed by atoms with Crippen molar-refractivity contribution in [2.45, 2.75) is 59.4 Å². The first-order valence-electron chi connectivity index (χ1n) is 6.30. The Morgan fingerprint density at radius 1 is 1.44 bits per heavy atom. The molecule has 1 unspecified atom stereocenters. The fourth-order valence-electron chi connectivity index (χ4n) is 1.57. The summed E-state index contributed by atoms with van der Waals surface area (Å²) in [7, 11) is 0. The summed E-state index contributed by atoms with van der Waals surface area (Å²) in [6, 6.07) is 0. The van der Waals surface area contributed by atoms with Crippen LogP contribution in [0.3, 0.4) is 0 Å². The van der Waals surface area contributed by atoms with Gasteiger partial charge in [0.25, 0.3) is 0 Å². The van der Waals surface area contributed by atoms with Gasteiger partial charge in [0.15, 0.2) is 5.17 Å². The molecule has 0 radical (unpaired) electrons. The van der Waals surface area contributed by atoms with Gasteiger partial charge in [-0.3, -0.25) is 4.99 Å². The minimum atomic E-state index is 0.270. The molecule has 3 heteroatoms. The van der Waals surface area contributed by atoms with Gasteiger partial charge >= 0.3 is 0 Å². The van der Waals surface area contributed by atoms with E-state index in [1.54, 1.807) is 0 Å². The molecule has 0 aliphatic carbocycles. The predicted molar refractivity (Wildman–Crippen MR) is 75.3 cm³/mol. The number of nitrogens with zero attached hydrogens (tertiary/aromatic N) is 1. The third-order valence-corrected chi connectivity index (χ3v) is 4.11. The minimum absolute atomic E-state index is 0.270. The molecule has 1 atom stereocenters. The van der Waals surface area contributed by atoms with E-state index in [1.165, 1.54) is 18.6 Å². The smallest absolute Gasteiger partial charge is 0.156 e. The fourth-order valence-corrected chi connectivity index (χ4v) is 2.82. The van der Waals surface area contributed by atoms with E-state index in [1.807, 2.05) is 11.8 Å². The maximum Gasteiger partial charge on any atom is 0.156 e. The molecule has 2 nitrogen and oxygen atoms in total. The lowest BCUT2D eigenvalue weighted by atomic mass is 9.92. The fraction of sp³-hybridized carbons (Fsp3) is 0.923. The maximum atomic E-state index is 4.68. The Kier molecular flexibility index (Phi) is 4.72. The zero-order chi connectivity index (χ0) is 12.2. The van der Waals surface area contributed by atoms with Gasteiger partial charge in [0, 0.05) is 17.8 Å². The first-order valence-corrected chi connectivity index (χ1v) is 7.29. The number of amidine groups is 1. The van der Waals surface area contributed by atoms with E-state index in [9.17, 15) is 0 Å². The molecular formula is C13H26N2S. The molecule has 0 aromatic carbocycles. The lowest BCUT2D eigenvalue weighted by molar-refractivity contribution is 0.379. The zero-order valence-electron chi connectivity index (χ0n) is 11.4. The lowest BCUT2D eigenvalue weighted by Crippen LogP contribution is -2.48. The second kappa shape index (κ2) is 5.44. The summed E-state index contributed by atoms with van der Waals surface area (Å²) in [4.78, 5) is 4.68. The SMILES string of the molecule is CCC1(C)CCSC(=NCCC(C)(C)C)N1. The summed E-state index contributed by atoms with van der Waals surface area (Å²) in [5.41, 5.74) is 0.656. The van der Waals surface area contributed by atoms with Crippen molar-refractivity contribution in [1.29, 1.82) is 0 Å². The van der Waals surface area contributed by atoms with Crippen molar-refractivity contribution in [3.05, 3.63) is 0 Å². The second-order valence-corrected chi connectivity index (χ2v) is 7.22. The summed E-state index contributed by atoms with van der Waals surface area (Å²) in [6.45, 7) is 12.3. The van der Waals surface area contributed by atoms with Crippen molar-refractivity contribution < 1.29 is 0 Å². The Hall–Kier alpha value is -0.180. The first kappa shape index (κ1) is 13.9. The van der Waals surface area contributed by atoms with Crippen LogP contribution in [0.15, 0.2) is 4.99 Å². The Labute approximate surface area is 105 Å². The highest BCUT2D eigenvalue weighted by Gasteiger charge is 2.27. The van der Waals surface area contributed by atoms with Crippen LogP contribution in [0.25, 0.3) is 0 Å². The Balaban J connectivity index is 2.45. The topological polar surface area (TPSA) is 24.4 Å². The second-order valence-electron chi connectivity index (χ2n) is 6.14. The number of hydrogen-bond acceptors (Lipinski definition) is 2. The van der Waals surface area contributed by atoms with Gasteiger partial charge in [0.1, 0.15) is 0 Å². The Bertz CT molecular complexity index is 255. The van der Waals surface area contributed by atoms with Gasteiger partial charge in [-0.15, -0.1) is 0 Å². The number of nitrogens with one attached hydrogen (secondary N) is 1. The molecule has 1 fully saturated rings. The van der Waals surface area contributed by atoms with E-state index in [4.69, 9.17) is 0 Å². The molecule has 0 bridgehead atoms. The van der Waals surface area contributed by atoms with Crippen LogP contribution in [-0.2, 0) is 0 Å². The van der Waals surface area contributed by atoms with Crippen molar-refractivity contribution in [2.75, 3.05) is 12.3 Å². The van der Waals surface area contributed by atoms with E-state index in [-0.39, 0.29) is 5.54 Å². The average Bonchev–Trinajstić information content (AvgIpc) is 2.16. The normalized spacial score (nSPS) is 29.2. The van der Waals surface area contributed by atoms with Crippen molar-refractivity contribution in [1.82, 2.24) is 5.32 Å². The number of aliphatic imine (C=N–C) groups is 1. The van der Waals surface area contributed by atoms with Gasteiger partial charge in [-0.05, 0) is 31.6 Å². The van der Waals surface area contributed by atoms with Crippen molar-refractivity contribution in [3.8, 4) is 0 Å². The van der Waals surface area contributed by atoms with Crippen LogP contribution in [-0.4, -0.2) is 23.0 Å². The molecule has 1 rings (SSSR count). The van der Waals surface area contributed by atoms with Crippen LogP contribution < -0.4 is 5.32 Å². The van der Waals surface area contributed by atoms with Crippen LogP contribution in [0.4, 0.5) is 0 Å². The van der Waals surface area contributed by atoms with Crippen LogP contribution in [0, 0.1) is 5.41 Å². The van der Waals surface area contributed by atoms with Gasteiger partial charge in [0.2, 0.25) is 0 Å². The molecule has 1 N–H and O–H groups in total. The molecule has 0 aromatic heterocycles. The van der Waals surface area contributed by atoms with Crippen molar-refractivity contribution in [2.24, 2.45) is 10.4 Å². The summed E-state index contributed by atoms with van der Waals surface area (Å²) < 4.78 is 0. The van der Waals surface area contributed by atoms with E-state index >= 15 is 0 Å². The first-order chi connectivity index (χ1) is 7.35. The van der Waals surface area contributed by atoms with Crippen LogP contribution in [0.5, 0.6) is 0 Å². The van der Waals surface area contributed by atoms with Gasteiger partial charge < -0.3 is 5.32 Å². The summed E-state index contributed by atoms with van der Waals surface area (Å²) >= 11 is 1.87. The van der Waals surface area contributed by atoms with Crippen molar-refractivity contribution in [3.63, 3.8) is 0 Å². The van der Waals surface area contributed by atoms with Gasteiger partial charge in [-0.1, -0.05) is 39.5 Å². The number of rotatable bonds is 3. The lowest BCUT2D eigenvalue weighted by Gasteiger charge is -2.35. The molecule has 16 heavy (non-hydrogen) atoms. The van der Waals surface area contributed by atoms with Gasteiger partial charge in [0.05, 0.1) is 0 Å². The standard InChI is InChI=1S/C13H26N2S/c1-6-13(5)8-10-16-11(15-13)14-9-7-12(2,3)4/h6-10H2,1-5H3,(H,14,15). The average molecular weight is 242 g/mol. The zero-order valence-corrected chi connectivity index (χ0v) is 12.2. The molecule has 0 aromatic rings. The van der Waals surface area contributed by atoms with Crippen molar-refractivity contribution >= 4 is 16.9 Å². The van der Waals surface area contributed by atoms with E-state index < -0.39 is 0 Å². The summed E-state index contributed by atoms with van der Waals surface area (Å²) in [5, 5.41) is 4.73. The van der Waals surface area contributed by atoms with Crippen LogP contribution >= 0.6 is 11.8 Å². The number of thioether (sulfide) groups is 1. The molecule has 0 spiro atoms. The molecule has 1 heterocycles. The molecular weight excluding hydrogens is 216 g/mol. The van der Waals surface area contributed by atoms with Gasteiger partial charge in [-0.25, -0.2) is 0 Å². The molecule has 1 aliphatic heterocycles. The predicted octanol–water partition coefficient (Wildman–Crippen LogP) is 3.67. The molecule has 94 valence electrons. The highest BCUT2D eigenvalue weighted by Crippen LogP contribution is 2.25. The molecule has 0 amide bonds. The minimum Gasteiger partial charge on any atom is -0.360 e. The highest BCUT2D eigenvalue weighted by atomic mass is 32.2. The van der Waals surface area contributed by atoms with Crippen LogP contribution in [0.1, 0.15) is 53.9 Å². The van der Waals surface area contributed by atoms with E-state index in [0.29, 0.717) is 5.41 Å². The Morgan fingerprint density at radius 2 is 2.12 bits per heavy atom. The molecule has 1 aliphatic rings.